The number of nitrogens with zero attached hydrogens (tertiary/aromatic N) is 3. The number of imide groups is 1. The monoisotopic (exact) mass is 426 g/mol. The Hall–Kier alpha value is -2.57. The van der Waals surface area contributed by atoms with Gasteiger partial charge in [0.2, 0.25) is 5.91 Å². The summed E-state index contributed by atoms with van der Waals surface area (Å²) in [7, 11) is 0. The van der Waals surface area contributed by atoms with Crippen LogP contribution in [0.3, 0.4) is 0 Å². The van der Waals surface area contributed by atoms with Gasteiger partial charge in [-0.25, -0.2) is 4.79 Å². The molecule has 7 heteroatoms. The van der Waals surface area contributed by atoms with Crippen molar-refractivity contribution in [3.63, 3.8) is 0 Å². The fourth-order valence-corrected chi connectivity index (χ4v) is 6.00. The summed E-state index contributed by atoms with van der Waals surface area (Å²) in [5.74, 6) is -0.0460. The Morgan fingerprint density at radius 2 is 1.77 bits per heavy atom. The van der Waals surface area contributed by atoms with Gasteiger partial charge in [-0.2, -0.15) is 0 Å². The summed E-state index contributed by atoms with van der Waals surface area (Å²) in [5.41, 5.74) is 1.53. The first-order valence-corrected chi connectivity index (χ1v) is 11.3. The third kappa shape index (κ3) is 4.14. The van der Waals surface area contributed by atoms with Gasteiger partial charge in [-0.3, -0.25) is 14.5 Å². The number of benzene rings is 1. The maximum atomic E-state index is 13.3. The molecule has 1 N–H and O–H groups in total. The molecule has 2 saturated heterocycles. The summed E-state index contributed by atoms with van der Waals surface area (Å²) in [6, 6.07) is 7.82. The second-order valence-corrected chi connectivity index (χ2v) is 10.4. The first kappa shape index (κ1) is 21.7. The highest BCUT2D eigenvalue weighted by Gasteiger charge is 2.56. The number of nitrogens with one attached hydrogen (secondary N) is 1. The molecule has 3 fully saturated rings. The third-order valence-corrected chi connectivity index (χ3v) is 7.01. The zero-order chi connectivity index (χ0) is 22.4. The molecule has 0 aromatic heterocycles. The lowest BCUT2D eigenvalue weighted by molar-refractivity contribution is -0.140. The Bertz CT molecular complexity index is 891. The average Bonchev–Trinajstić information content (AvgIpc) is 2.90. The Kier molecular flexibility index (Phi) is 5.48. The first-order chi connectivity index (χ1) is 14.6. The van der Waals surface area contributed by atoms with Crippen LogP contribution in [0, 0.1) is 18.3 Å². The second kappa shape index (κ2) is 7.84. The second-order valence-electron chi connectivity index (χ2n) is 10.4. The molecule has 1 aliphatic carbocycles. The minimum Gasteiger partial charge on any atom is -0.368 e. The van der Waals surface area contributed by atoms with E-state index in [1.54, 1.807) is 4.90 Å². The summed E-state index contributed by atoms with van der Waals surface area (Å²) in [4.78, 5) is 44.1. The molecule has 1 spiro atoms. The van der Waals surface area contributed by atoms with E-state index in [9.17, 15) is 14.4 Å². The summed E-state index contributed by atoms with van der Waals surface area (Å²) in [5, 5.41) is 2.96. The van der Waals surface area contributed by atoms with Gasteiger partial charge in [0.15, 0.2) is 0 Å². The molecule has 2 heterocycles. The summed E-state index contributed by atoms with van der Waals surface area (Å²) in [6.07, 6.45) is 2.29. The van der Waals surface area contributed by atoms with Crippen molar-refractivity contribution < 1.29 is 14.4 Å². The predicted octanol–water partition coefficient (Wildman–Crippen LogP) is 2.78. The number of carbonyl (C=O) groups is 3. The van der Waals surface area contributed by atoms with Crippen molar-refractivity contribution in [2.45, 2.75) is 52.5 Å². The van der Waals surface area contributed by atoms with Crippen molar-refractivity contribution in [1.29, 1.82) is 0 Å². The molecule has 1 saturated carbocycles. The fraction of sp³-hybridized carbons (Fsp3) is 0.625. The summed E-state index contributed by atoms with van der Waals surface area (Å²) < 4.78 is 0. The molecule has 4 amide bonds. The van der Waals surface area contributed by atoms with E-state index >= 15 is 0 Å². The minimum absolute atomic E-state index is 0.0213. The van der Waals surface area contributed by atoms with E-state index in [1.807, 2.05) is 12.1 Å². The van der Waals surface area contributed by atoms with Crippen molar-refractivity contribution in [3.05, 3.63) is 29.8 Å². The average molecular weight is 427 g/mol. The lowest BCUT2D eigenvalue weighted by Gasteiger charge is -2.43. The topological polar surface area (TPSA) is 73.0 Å². The molecule has 1 aromatic rings. The van der Waals surface area contributed by atoms with Crippen molar-refractivity contribution in [3.8, 4) is 0 Å². The van der Waals surface area contributed by atoms with Crippen molar-refractivity contribution in [2.75, 3.05) is 37.6 Å². The molecule has 0 radical (unpaired) electrons. The molecule has 1 aromatic carbocycles. The van der Waals surface area contributed by atoms with Gasteiger partial charge < -0.3 is 15.1 Å². The number of hydrogen-bond donors (Lipinski definition) is 1. The van der Waals surface area contributed by atoms with Crippen molar-refractivity contribution in [2.24, 2.45) is 11.3 Å². The molecule has 0 bridgehead atoms. The van der Waals surface area contributed by atoms with E-state index in [1.165, 1.54) is 11.3 Å². The van der Waals surface area contributed by atoms with Crippen LogP contribution in [0.25, 0.3) is 0 Å². The fourth-order valence-electron chi connectivity index (χ4n) is 6.00. The molecule has 4 rings (SSSR count). The van der Waals surface area contributed by atoms with Gasteiger partial charge in [-0.05, 0) is 49.1 Å². The number of urea groups is 1. The van der Waals surface area contributed by atoms with Crippen LogP contribution in [0.2, 0.25) is 0 Å². The number of piperazine rings is 1. The normalized spacial score (nSPS) is 28.3. The van der Waals surface area contributed by atoms with Crippen LogP contribution >= 0.6 is 0 Å². The number of para-hydroxylation sites is 1. The number of carbonyl (C=O) groups excluding carboxylic acids is 3. The van der Waals surface area contributed by atoms with Crippen molar-refractivity contribution >= 4 is 23.5 Å². The zero-order valence-electron chi connectivity index (χ0n) is 19.1. The van der Waals surface area contributed by atoms with E-state index in [0.717, 1.165) is 24.4 Å². The lowest BCUT2D eigenvalue weighted by atomic mass is 9.64. The van der Waals surface area contributed by atoms with Gasteiger partial charge in [0.25, 0.3) is 5.91 Å². The maximum Gasteiger partial charge on any atom is 0.325 e. The highest BCUT2D eigenvalue weighted by molar-refractivity contribution is 6.09. The number of rotatable bonds is 3. The number of anilines is 1. The highest BCUT2D eigenvalue weighted by Crippen LogP contribution is 2.46. The SMILES string of the molecule is Cc1ccccc1N1CCN(C(=O)CN2C(=O)N[C@@]3(C[C@@H](C)CC(C)(C)C3)C2=O)CC1. The van der Waals surface area contributed by atoms with Crippen LogP contribution in [0.4, 0.5) is 10.5 Å². The molecule has 0 unspecified atom stereocenters. The van der Waals surface area contributed by atoms with Crippen molar-refractivity contribution in [1.82, 2.24) is 15.1 Å². The predicted molar refractivity (Wildman–Crippen MR) is 120 cm³/mol. The molecule has 31 heavy (non-hydrogen) atoms. The number of hydrogen-bond acceptors (Lipinski definition) is 4. The van der Waals surface area contributed by atoms with Crippen LogP contribution in [0.5, 0.6) is 0 Å². The van der Waals surface area contributed by atoms with E-state index in [0.29, 0.717) is 31.8 Å². The molecule has 2 atom stereocenters. The highest BCUT2D eigenvalue weighted by atomic mass is 16.2. The number of aryl methyl sites for hydroxylation is 1. The molecule has 3 aliphatic rings. The maximum absolute atomic E-state index is 13.3. The van der Waals surface area contributed by atoms with Crippen LogP contribution in [0.1, 0.15) is 45.6 Å². The molecule has 7 nitrogen and oxygen atoms in total. The van der Waals surface area contributed by atoms with E-state index in [-0.39, 0.29) is 23.8 Å². The quantitative estimate of drug-likeness (QED) is 0.755. The molecular weight excluding hydrogens is 392 g/mol. The molecule has 168 valence electrons. The van der Waals surface area contributed by atoms with Crippen LogP contribution in [-0.2, 0) is 9.59 Å². The van der Waals surface area contributed by atoms with Gasteiger partial charge >= 0.3 is 6.03 Å². The zero-order valence-corrected chi connectivity index (χ0v) is 19.1. The van der Waals surface area contributed by atoms with Gasteiger partial charge in [-0.15, -0.1) is 0 Å². The smallest absolute Gasteiger partial charge is 0.325 e. The Balaban J connectivity index is 1.39. The standard InChI is InChI=1S/C24H34N4O3/c1-17-13-23(3,4)16-24(14-17)21(30)28(22(31)25-24)15-20(29)27-11-9-26(10-12-27)19-8-6-5-7-18(19)2/h5-8,17H,9-16H2,1-4H3,(H,25,31)/t17-,24+/m0/s1. The first-order valence-electron chi connectivity index (χ1n) is 11.3. The molecular formula is C24H34N4O3. The Morgan fingerprint density at radius 3 is 2.42 bits per heavy atom. The van der Waals surface area contributed by atoms with E-state index in [4.69, 9.17) is 0 Å². The summed E-state index contributed by atoms with van der Waals surface area (Å²) >= 11 is 0. The molecule has 2 aliphatic heterocycles. The third-order valence-electron chi connectivity index (χ3n) is 7.01. The van der Waals surface area contributed by atoms with Crippen LogP contribution in [-0.4, -0.2) is 65.9 Å². The lowest BCUT2D eigenvalue weighted by Crippen LogP contribution is -2.55. The van der Waals surface area contributed by atoms with Gasteiger partial charge in [-0.1, -0.05) is 39.0 Å². The van der Waals surface area contributed by atoms with Crippen LogP contribution < -0.4 is 10.2 Å². The Morgan fingerprint density at radius 1 is 1.10 bits per heavy atom. The van der Waals surface area contributed by atoms with Gasteiger partial charge in [0.05, 0.1) is 0 Å². The van der Waals surface area contributed by atoms with E-state index < -0.39 is 11.6 Å². The van der Waals surface area contributed by atoms with E-state index in [2.05, 4.69) is 50.0 Å². The Labute approximate surface area is 184 Å². The minimum atomic E-state index is -0.859. The van der Waals surface area contributed by atoms with Gasteiger partial charge in [0, 0.05) is 31.9 Å². The summed E-state index contributed by atoms with van der Waals surface area (Å²) in [6.45, 7) is 11.0. The van der Waals surface area contributed by atoms with Crippen LogP contribution in [0.15, 0.2) is 24.3 Å². The number of amides is 4. The largest absolute Gasteiger partial charge is 0.368 e. The van der Waals surface area contributed by atoms with Gasteiger partial charge in [0.1, 0.15) is 12.1 Å².